The molecule has 1 aromatic heterocycles. The van der Waals surface area contributed by atoms with E-state index in [4.69, 9.17) is 0 Å². The number of rotatable bonds is 6. The Bertz CT molecular complexity index is 756. The standard InChI is InChI=1S/C16H21FN4O2S/c17-16-4-1-3-15(13-16)14-24(22,23)21-11-8-19(9-12-21)7-10-20-6-2-5-18-20/h1-6,13H,7-12,14H2. The molecule has 0 bridgehead atoms. The van der Waals surface area contributed by atoms with Crippen LogP contribution in [0.15, 0.2) is 42.7 Å². The second kappa shape index (κ2) is 7.42. The van der Waals surface area contributed by atoms with Crippen molar-refractivity contribution >= 4 is 10.0 Å². The minimum absolute atomic E-state index is 0.155. The van der Waals surface area contributed by atoms with Gasteiger partial charge in [-0.1, -0.05) is 12.1 Å². The van der Waals surface area contributed by atoms with E-state index in [1.54, 1.807) is 12.3 Å². The summed E-state index contributed by atoms with van der Waals surface area (Å²) in [6.07, 6.45) is 3.66. The molecule has 1 aromatic carbocycles. The van der Waals surface area contributed by atoms with Gasteiger partial charge in [-0.2, -0.15) is 9.40 Å². The summed E-state index contributed by atoms with van der Waals surface area (Å²) in [5, 5.41) is 4.16. The molecule has 6 nitrogen and oxygen atoms in total. The van der Waals surface area contributed by atoms with E-state index in [-0.39, 0.29) is 5.75 Å². The number of piperazine rings is 1. The molecule has 0 amide bonds. The van der Waals surface area contributed by atoms with Crippen molar-refractivity contribution in [2.75, 3.05) is 32.7 Å². The number of sulfonamides is 1. The lowest BCUT2D eigenvalue weighted by Gasteiger charge is -2.33. The van der Waals surface area contributed by atoms with Crippen LogP contribution in [0.5, 0.6) is 0 Å². The molecular weight excluding hydrogens is 331 g/mol. The summed E-state index contributed by atoms with van der Waals surface area (Å²) in [7, 11) is -3.41. The number of nitrogens with zero attached hydrogens (tertiary/aromatic N) is 4. The number of benzene rings is 1. The molecule has 0 radical (unpaired) electrons. The Morgan fingerprint density at radius 3 is 2.54 bits per heavy atom. The highest BCUT2D eigenvalue weighted by Gasteiger charge is 2.27. The number of aromatic nitrogens is 2. The van der Waals surface area contributed by atoms with Gasteiger partial charge in [0.1, 0.15) is 5.82 Å². The average molecular weight is 352 g/mol. The van der Waals surface area contributed by atoms with Crippen LogP contribution in [0.2, 0.25) is 0 Å². The summed E-state index contributed by atoms with van der Waals surface area (Å²) in [5.41, 5.74) is 0.483. The Morgan fingerprint density at radius 2 is 1.88 bits per heavy atom. The largest absolute Gasteiger partial charge is 0.299 e. The van der Waals surface area contributed by atoms with Crippen LogP contribution in [-0.2, 0) is 22.3 Å². The third kappa shape index (κ3) is 4.40. The van der Waals surface area contributed by atoms with E-state index in [0.717, 1.165) is 13.1 Å². The van der Waals surface area contributed by atoms with Crippen molar-refractivity contribution < 1.29 is 12.8 Å². The lowest BCUT2D eigenvalue weighted by atomic mass is 10.2. The Balaban J connectivity index is 1.51. The molecule has 2 heterocycles. The molecule has 130 valence electrons. The van der Waals surface area contributed by atoms with Crippen LogP contribution in [0.4, 0.5) is 4.39 Å². The summed E-state index contributed by atoms with van der Waals surface area (Å²) < 4.78 is 41.6. The fourth-order valence-electron chi connectivity index (χ4n) is 2.84. The Kier molecular flexibility index (Phi) is 5.27. The molecule has 0 saturated carbocycles. The fourth-order valence-corrected chi connectivity index (χ4v) is 4.34. The van der Waals surface area contributed by atoms with Gasteiger partial charge in [-0.3, -0.25) is 9.58 Å². The molecule has 0 aliphatic carbocycles. The van der Waals surface area contributed by atoms with E-state index in [2.05, 4.69) is 10.00 Å². The first-order chi connectivity index (χ1) is 11.5. The van der Waals surface area contributed by atoms with Gasteiger partial charge in [-0.15, -0.1) is 0 Å². The van der Waals surface area contributed by atoms with Gasteiger partial charge in [0, 0.05) is 45.1 Å². The average Bonchev–Trinajstić information content (AvgIpc) is 3.06. The van der Waals surface area contributed by atoms with Crippen LogP contribution >= 0.6 is 0 Å². The second-order valence-electron chi connectivity index (χ2n) is 5.90. The molecule has 24 heavy (non-hydrogen) atoms. The molecule has 1 aliphatic heterocycles. The Morgan fingerprint density at radius 1 is 1.08 bits per heavy atom. The first kappa shape index (κ1) is 17.1. The highest BCUT2D eigenvalue weighted by molar-refractivity contribution is 7.88. The minimum atomic E-state index is -3.41. The SMILES string of the molecule is O=S(=O)(Cc1cccc(F)c1)N1CCN(CCn2cccn2)CC1. The summed E-state index contributed by atoms with van der Waals surface area (Å²) in [6.45, 7) is 3.98. The second-order valence-corrected chi connectivity index (χ2v) is 7.86. The fraction of sp³-hybridized carbons (Fsp3) is 0.438. The van der Waals surface area contributed by atoms with Gasteiger partial charge in [0.25, 0.3) is 0 Å². The van der Waals surface area contributed by atoms with Gasteiger partial charge in [-0.05, 0) is 23.8 Å². The molecule has 3 rings (SSSR count). The van der Waals surface area contributed by atoms with Crippen LogP contribution in [0.1, 0.15) is 5.56 Å². The van der Waals surface area contributed by atoms with Crippen molar-refractivity contribution in [1.82, 2.24) is 19.0 Å². The van der Waals surface area contributed by atoms with E-state index in [0.29, 0.717) is 31.7 Å². The summed E-state index contributed by atoms with van der Waals surface area (Å²) >= 11 is 0. The first-order valence-electron chi connectivity index (χ1n) is 7.95. The van der Waals surface area contributed by atoms with E-state index >= 15 is 0 Å². The van der Waals surface area contributed by atoms with Crippen molar-refractivity contribution in [3.63, 3.8) is 0 Å². The van der Waals surface area contributed by atoms with Gasteiger partial charge in [0.2, 0.25) is 10.0 Å². The van der Waals surface area contributed by atoms with Crippen LogP contribution in [0.25, 0.3) is 0 Å². The van der Waals surface area contributed by atoms with E-state index in [1.165, 1.54) is 22.5 Å². The van der Waals surface area contributed by atoms with E-state index in [9.17, 15) is 12.8 Å². The third-order valence-electron chi connectivity index (χ3n) is 4.17. The molecule has 1 fully saturated rings. The molecular formula is C16H21FN4O2S. The zero-order valence-electron chi connectivity index (χ0n) is 13.4. The highest BCUT2D eigenvalue weighted by Crippen LogP contribution is 2.14. The molecule has 8 heteroatoms. The van der Waals surface area contributed by atoms with Crippen LogP contribution in [-0.4, -0.2) is 60.1 Å². The predicted molar refractivity (Wildman–Crippen MR) is 89.3 cm³/mol. The highest BCUT2D eigenvalue weighted by atomic mass is 32.2. The van der Waals surface area contributed by atoms with Crippen LogP contribution in [0.3, 0.4) is 0 Å². The first-order valence-corrected chi connectivity index (χ1v) is 9.56. The monoisotopic (exact) mass is 352 g/mol. The van der Waals surface area contributed by atoms with Crippen molar-refractivity contribution in [3.8, 4) is 0 Å². The molecule has 0 atom stereocenters. The van der Waals surface area contributed by atoms with Gasteiger partial charge >= 0.3 is 0 Å². The van der Waals surface area contributed by atoms with Crippen LogP contribution < -0.4 is 0 Å². The van der Waals surface area contributed by atoms with Crippen LogP contribution in [0, 0.1) is 5.82 Å². The minimum Gasteiger partial charge on any atom is -0.299 e. The Hall–Kier alpha value is -1.77. The predicted octanol–water partition coefficient (Wildman–Crippen LogP) is 1.17. The van der Waals surface area contributed by atoms with Crippen molar-refractivity contribution in [3.05, 3.63) is 54.1 Å². The number of hydrogen-bond acceptors (Lipinski definition) is 4. The maximum Gasteiger partial charge on any atom is 0.218 e. The molecule has 2 aromatic rings. The maximum atomic E-state index is 13.2. The van der Waals surface area contributed by atoms with Crippen molar-refractivity contribution in [2.24, 2.45) is 0 Å². The van der Waals surface area contributed by atoms with Crippen molar-refractivity contribution in [1.29, 1.82) is 0 Å². The third-order valence-corrected chi connectivity index (χ3v) is 6.02. The van der Waals surface area contributed by atoms with Crippen molar-refractivity contribution in [2.45, 2.75) is 12.3 Å². The topological polar surface area (TPSA) is 58.4 Å². The lowest BCUT2D eigenvalue weighted by Crippen LogP contribution is -2.49. The van der Waals surface area contributed by atoms with Gasteiger partial charge in [0.05, 0.1) is 12.3 Å². The lowest BCUT2D eigenvalue weighted by molar-refractivity contribution is 0.181. The van der Waals surface area contributed by atoms with Gasteiger partial charge < -0.3 is 0 Å². The summed E-state index contributed by atoms with van der Waals surface area (Å²) in [6, 6.07) is 7.65. The molecule has 1 saturated heterocycles. The Labute approximate surface area is 141 Å². The van der Waals surface area contributed by atoms with Gasteiger partial charge in [0.15, 0.2) is 0 Å². The molecule has 0 spiro atoms. The quantitative estimate of drug-likeness (QED) is 0.783. The zero-order valence-corrected chi connectivity index (χ0v) is 14.2. The summed E-state index contributed by atoms with van der Waals surface area (Å²) in [4.78, 5) is 2.23. The smallest absolute Gasteiger partial charge is 0.218 e. The van der Waals surface area contributed by atoms with Gasteiger partial charge in [-0.25, -0.2) is 12.8 Å². The van der Waals surface area contributed by atoms with E-state index < -0.39 is 15.8 Å². The van der Waals surface area contributed by atoms with E-state index in [1.807, 2.05) is 16.9 Å². The number of hydrogen-bond donors (Lipinski definition) is 0. The normalized spacial score (nSPS) is 17.2. The zero-order chi connectivity index (χ0) is 17.0. The molecule has 0 unspecified atom stereocenters. The molecule has 1 aliphatic rings. The number of halogens is 1. The maximum absolute atomic E-state index is 13.2. The molecule has 0 N–H and O–H groups in total. The summed E-state index contributed by atoms with van der Waals surface area (Å²) in [5.74, 6) is -0.566.